The van der Waals surface area contributed by atoms with Crippen molar-refractivity contribution in [2.45, 2.75) is 11.5 Å². The Balaban J connectivity index is 2.13. The lowest BCUT2D eigenvalue weighted by molar-refractivity contribution is -0.0500. The Hall–Kier alpha value is -2.47. The smallest absolute Gasteiger partial charge is 0.387 e. The molecule has 4 N–H and O–H groups in total. The van der Waals surface area contributed by atoms with Crippen LogP contribution >= 0.6 is 15.9 Å². The van der Waals surface area contributed by atoms with Crippen LogP contribution in [0.3, 0.4) is 0 Å². The summed E-state index contributed by atoms with van der Waals surface area (Å²) in [6.45, 7) is -3.11. The molecule has 1 aromatic carbocycles. The van der Waals surface area contributed by atoms with Crippen molar-refractivity contribution in [2.24, 2.45) is 0 Å². The highest BCUT2D eigenvalue weighted by Crippen LogP contribution is 2.20. The van der Waals surface area contributed by atoms with Crippen LogP contribution in [-0.2, 0) is 10.0 Å². The number of hydrogen-bond donors (Lipinski definition) is 3. The second kappa shape index (κ2) is 7.61. The molecule has 0 saturated carbocycles. The molecule has 1 heterocycles. The number of rotatable bonds is 5. The second-order valence-corrected chi connectivity index (χ2v) is 7.11. The lowest BCUT2D eigenvalue weighted by atomic mass is 10.3. The molecule has 0 aliphatic rings. The molecule has 0 aliphatic carbocycles. The molecule has 0 unspecified atom stereocenters. The van der Waals surface area contributed by atoms with Crippen LogP contribution in [0.15, 0.2) is 45.8 Å². The topological polar surface area (TPSA) is 123 Å². The van der Waals surface area contributed by atoms with E-state index < -0.39 is 27.6 Å². The van der Waals surface area contributed by atoms with Crippen molar-refractivity contribution in [1.82, 2.24) is 9.71 Å². The number of aromatic nitrogens is 1. The van der Waals surface area contributed by atoms with Crippen LogP contribution in [0.5, 0.6) is 5.75 Å². The molecule has 0 saturated heterocycles. The molecule has 8 nitrogen and oxygen atoms in total. The number of carbonyl (C=O) groups excluding carboxylic acids is 1. The maximum absolute atomic E-state index is 12.2. The summed E-state index contributed by atoms with van der Waals surface area (Å²) in [5.41, 5.74) is 5.50. The SMILES string of the molecule is Nc1cc(Br)cc(NC(=O)NS(=O)(=O)c2cccc(OC(F)F)c2)n1. The maximum atomic E-state index is 12.2. The minimum atomic E-state index is -4.32. The van der Waals surface area contributed by atoms with E-state index in [4.69, 9.17) is 5.73 Å². The van der Waals surface area contributed by atoms with E-state index in [1.54, 1.807) is 4.72 Å². The number of sulfonamides is 1. The largest absolute Gasteiger partial charge is 0.435 e. The molecular weight excluding hydrogens is 426 g/mol. The van der Waals surface area contributed by atoms with E-state index >= 15 is 0 Å². The van der Waals surface area contributed by atoms with Crippen LogP contribution in [-0.4, -0.2) is 26.0 Å². The summed E-state index contributed by atoms with van der Waals surface area (Å²) in [4.78, 5) is 15.2. The molecule has 0 radical (unpaired) electrons. The van der Waals surface area contributed by atoms with Crippen molar-refractivity contribution in [3.05, 3.63) is 40.9 Å². The lowest BCUT2D eigenvalue weighted by Crippen LogP contribution is -2.34. The highest BCUT2D eigenvalue weighted by atomic mass is 79.9. The molecule has 2 rings (SSSR count). The van der Waals surface area contributed by atoms with E-state index in [2.05, 4.69) is 31.0 Å². The zero-order valence-corrected chi connectivity index (χ0v) is 14.6. The Bertz CT molecular complexity index is 875. The van der Waals surface area contributed by atoms with E-state index in [1.807, 2.05) is 0 Å². The minimum Gasteiger partial charge on any atom is -0.435 e. The van der Waals surface area contributed by atoms with Crippen molar-refractivity contribution in [2.75, 3.05) is 11.1 Å². The Morgan fingerprint density at radius 3 is 2.64 bits per heavy atom. The first-order chi connectivity index (χ1) is 11.7. The maximum Gasteiger partial charge on any atom is 0.387 e. The van der Waals surface area contributed by atoms with Crippen molar-refractivity contribution < 1.29 is 26.7 Å². The molecule has 0 aliphatic heterocycles. The van der Waals surface area contributed by atoms with Crippen LogP contribution in [0.1, 0.15) is 0 Å². The van der Waals surface area contributed by atoms with Gasteiger partial charge in [0.2, 0.25) is 0 Å². The fraction of sp³-hybridized carbons (Fsp3) is 0.0769. The number of nitrogens with zero attached hydrogens (tertiary/aromatic N) is 1. The number of urea groups is 1. The average molecular weight is 437 g/mol. The number of anilines is 2. The zero-order valence-electron chi connectivity index (χ0n) is 12.2. The van der Waals surface area contributed by atoms with Crippen molar-refractivity contribution >= 4 is 43.6 Å². The fourth-order valence-corrected chi connectivity index (χ4v) is 3.11. The van der Waals surface area contributed by atoms with Gasteiger partial charge in [0.1, 0.15) is 17.4 Å². The van der Waals surface area contributed by atoms with Crippen molar-refractivity contribution in [1.29, 1.82) is 0 Å². The van der Waals surface area contributed by atoms with Gasteiger partial charge in [-0.05, 0) is 24.3 Å². The number of carbonyl (C=O) groups is 1. The highest BCUT2D eigenvalue weighted by Gasteiger charge is 2.19. The number of amides is 2. The minimum absolute atomic E-state index is 0.00867. The Morgan fingerprint density at radius 2 is 2.00 bits per heavy atom. The number of nitrogen functional groups attached to an aromatic ring is 1. The van der Waals surface area contributed by atoms with Crippen LogP contribution in [0.4, 0.5) is 25.2 Å². The molecule has 0 bridgehead atoms. The molecule has 25 heavy (non-hydrogen) atoms. The number of nitrogens with one attached hydrogen (secondary N) is 2. The molecule has 2 aromatic rings. The summed E-state index contributed by atoms with van der Waals surface area (Å²) in [6.07, 6.45) is 0. The summed E-state index contributed by atoms with van der Waals surface area (Å²) in [7, 11) is -4.32. The third-order valence-corrected chi connectivity index (χ3v) is 4.41. The van der Waals surface area contributed by atoms with Gasteiger partial charge < -0.3 is 10.5 Å². The van der Waals surface area contributed by atoms with Crippen LogP contribution < -0.4 is 20.5 Å². The normalized spacial score (nSPS) is 11.2. The first-order valence-electron chi connectivity index (χ1n) is 6.47. The average Bonchev–Trinajstić information content (AvgIpc) is 2.44. The van der Waals surface area contributed by atoms with Gasteiger partial charge in [-0.15, -0.1) is 0 Å². The van der Waals surface area contributed by atoms with Gasteiger partial charge in [0, 0.05) is 10.5 Å². The lowest BCUT2D eigenvalue weighted by Gasteiger charge is -2.10. The standard InChI is InChI=1S/C13H11BrF2N4O4S/c14-7-4-10(17)18-11(5-7)19-13(21)20-25(22,23)9-3-1-2-8(6-9)24-12(15)16/h1-6,12H,(H4,17,18,19,20,21). The molecule has 0 fully saturated rings. The van der Waals surface area contributed by atoms with Gasteiger partial charge in [-0.25, -0.2) is 22.9 Å². The van der Waals surface area contributed by atoms with Gasteiger partial charge in [0.05, 0.1) is 4.90 Å². The second-order valence-electron chi connectivity index (χ2n) is 4.51. The van der Waals surface area contributed by atoms with Crippen LogP contribution in [0, 0.1) is 0 Å². The third-order valence-electron chi connectivity index (χ3n) is 2.62. The summed E-state index contributed by atoms with van der Waals surface area (Å²) < 4.78 is 55.0. The van der Waals surface area contributed by atoms with Crippen LogP contribution in [0.25, 0.3) is 0 Å². The first-order valence-corrected chi connectivity index (χ1v) is 8.75. The Labute approximate surface area is 149 Å². The predicted octanol–water partition coefficient (Wildman–Crippen LogP) is 2.54. The van der Waals surface area contributed by atoms with Gasteiger partial charge in [0.25, 0.3) is 10.0 Å². The summed E-state index contributed by atoms with van der Waals surface area (Å²) in [5, 5.41) is 2.19. The number of ether oxygens (including phenoxy) is 1. The van der Waals surface area contributed by atoms with Gasteiger partial charge in [-0.2, -0.15) is 8.78 Å². The first kappa shape index (κ1) is 18.9. The number of halogens is 3. The van der Waals surface area contributed by atoms with Crippen molar-refractivity contribution in [3.8, 4) is 5.75 Å². The fourth-order valence-electron chi connectivity index (χ4n) is 1.72. The summed E-state index contributed by atoms with van der Waals surface area (Å²) >= 11 is 3.14. The number of pyridine rings is 1. The van der Waals surface area contributed by atoms with E-state index in [0.717, 1.165) is 18.2 Å². The molecule has 1 aromatic heterocycles. The Morgan fingerprint density at radius 1 is 1.28 bits per heavy atom. The molecule has 0 atom stereocenters. The van der Waals surface area contributed by atoms with Crippen LogP contribution in [0.2, 0.25) is 0 Å². The molecular formula is C13H11BrF2N4O4S. The number of nitrogens with two attached hydrogens (primary N) is 1. The molecule has 2 amide bonds. The molecule has 12 heteroatoms. The van der Waals surface area contributed by atoms with E-state index in [0.29, 0.717) is 4.47 Å². The van der Waals surface area contributed by atoms with Gasteiger partial charge in [0.15, 0.2) is 0 Å². The molecule has 0 spiro atoms. The van der Waals surface area contributed by atoms with Gasteiger partial charge in [-0.3, -0.25) is 5.32 Å². The quantitative estimate of drug-likeness (QED) is 0.661. The van der Waals surface area contributed by atoms with Gasteiger partial charge >= 0.3 is 12.6 Å². The Kier molecular flexibility index (Phi) is 5.74. The zero-order chi connectivity index (χ0) is 18.6. The monoisotopic (exact) mass is 436 g/mol. The van der Waals surface area contributed by atoms with Gasteiger partial charge in [-0.1, -0.05) is 22.0 Å². The number of alkyl halides is 2. The van der Waals surface area contributed by atoms with Crippen molar-refractivity contribution in [3.63, 3.8) is 0 Å². The summed E-state index contributed by atoms with van der Waals surface area (Å²) in [5.74, 6) is -0.251. The van der Waals surface area contributed by atoms with E-state index in [-0.39, 0.29) is 17.4 Å². The third kappa shape index (κ3) is 5.53. The van der Waals surface area contributed by atoms with E-state index in [9.17, 15) is 22.0 Å². The van der Waals surface area contributed by atoms with E-state index in [1.165, 1.54) is 18.2 Å². The highest BCUT2D eigenvalue weighted by molar-refractivity contribution is 9.10. The molecule has 134 valence electrons. The summed E-state index contributed by atoms with van der Waals surface area (Å²) in [6, 6.07) is 6.10. The predicted molar refractivity (Wildman–Crippen MR) is 88.8 cm³/mol. The number of hydrogen-bond acceptors (Lipinski definition) is 6. The number of benzene rings is 1.